The Kier molecular flexibility index (Phi) is 22.5. The van der Waals surface area contributed by atoms with Crippen LogP contribution in [-0.4, -0.2) is 65.0 Å². The van der Waals surface area contributed by atoms with Crippen molar-refractivity contribution >= 4 is 41.4 Å². The molecule has 147 valence electrons. The van der Waals surface area contributed by atoms with Gasteiger partial charge in [-0.05, 0) is 32.1 Å². The number of carboxylic acid groups (broad SMARTS) is 1. The van der Waals surface area contributed by atoms with Gasteiger partial charge in [-0.25, -0.2) is 0 Å². The second-order valence-electron chi connectivity index (χ2n) is 6.98. The number of carbonyl (C=O) groups excluding carboxylic acids is 1. The minimum atomic E-state index is -0.958. The molecule has 1 amide bonds. The van der Waals surface area contributed by atoms with Crippen molar-refractivity contribution in [1.82, 2.24) is 4.90 Å². The van der Waals surface area contributed by atoms with E-state index in [9.17, 15) is 9.59 Å². The number of aliphatic carboxylic acids is 1. The third-order valence-electron chi connectivity index (χ3n) is 4.45. The Balaban J connectivity index is 0. The summed E-state index contributed by atoms with van der Waals surface area (Å²) in [5, 5.41) is 8.64. The minimum absolute atomic E-state index is 0. The van der Waals surface area contributed by atoms with E-state index < -0.39 is 5.97 Å². The maximum atomic E-state index is 11.7. The maximum Gasteiger partial charge on any atom is 0.323 e. The smallest absolute Gasteiger partial charge is 0.323 e. The second-order valence-corrected chi connectivity index (χ2v) is 6.98. The number of likely N-dealkylation sites (N-methyl/N-ethyl adjacent to an activating group) is 1. The molecular formula is C21H39NNaO3. The van der Waals surface area contributed by atoms with E-state index in [2.05, 4.69) is 19.1 Å². The van der Waals surface area contributed by atoms with E-state index in [1.807, 2.05) is 0 Å². The zero-order valence-corrected chi connectivity index (χ0v) is 19.5. The summed E-state index contributed by atoms with van der Waals surface area (Å²) in [6.45, 7) is 2.05. The number of nitrogens with zero attached hydrogens (tertiary/aromatic N) is 1. The molecular weight excluding hydrogens is 337 g/mol. The molecule has 0 fully saturated rings. The van der Waals surface area contributed by atoms with Crippen LogP contribution in [0, 0.1) is 0 Å². The summed E-state index contributed by atoms with van der Waals surface area (Å²) in [5.74, 6) is -1.03. The number of allylic oxidation sites excluding steroid dienone is 2. The van der Waals surface area contributed by atoms with Gasteiger partial charge in [-0.1, -0.05) is 70.4 Å². The van der Waals surface area contributed by atoms with E-state index in [0.717, 1.165) is 25.7 Å². The third kappa shape index (κ3) is 20.0. The molecule has 0 unspecified atom stereocenters. The first kappa shape index (κ1) is 27.9. The first-order chi connectivity index (χ1) is 12.1. The fraction of sp³-hybridized carbons (Fsp3) is 0.810. The zero-order valence-electron chi connectivity index (χ0n) is 17.5. The van der Waals surface area contributed by atoms with Crippen molar-refractivity contribution < 1.29 is 14.7 Å². The number of carboxylic acids is 1. The molecule has 4 nitrogen and oxygen atoms in total. The predicted molar refractivity (Wildman–Crippen MR) is 110 cm³/mol. The Bertz CT molecular complexity index is 372. The summed E-state index contributed by atoms with van der Waals surface area (Å²) < 4.78 is 0. The van der Waals surface area contributed by atoms with Crippen LogP contribution in [0.4, 0.5) is 0 Å². The number of rotatable bonds is 17. The van der Waals surface area contributed by atoms with Crippen molar-refractivity contribution in [3.05, 3.63) is 12.2 Å². The Morgan fingerprint density at radius 2 is 1.27 bits per heavy atom. The van der Waals surface area contributed by atoms with Gasteiger partial charge in [0, 0.05) is 43.0 Å². The van der Waals surface area contributed by atoms with Crippen molar-refractivity contribution in [2.75, 3.05) is 13.6 Å². The van der Waals surface area contributed by atoms with Crippen LogP contribution < -0.4 is 0 Å². The number of carbonyl (C=O) groups is 2. The van der Waals surface area contributed by atoms with Gasteiger partial charge >= 0.3 is 5.97 Å². The van der Waals surface area contributed by atoms with Gasteiger partial charge < -0.3 is 10.0 Å². The molecule has 0 bridgehead atoms. The maximum absolute atomic E-state index is 11.7. The molecule has 5 heteroatoms. The first-order valence-electron chi connectivity index (χ1n) is 10.2. The van der Waals surface area contributed by atoms with E-state index in [1.54, 1.807) is 7.05 Å². The van der Waals surface area contributed by atoms with Crippen LogP contribution >= 0.6 is 0 Å². The van der Waals surface area contributed by atoms with Gasteiger partial charge in [-0.3, -0.25) is 9.59 Å². The molecule has 0 aliphatic rings. The van der Waals surface area contributed by atoms with Gasteiger partial charge in [-0.2, -0.15) is 0 Å². The standard InChI is InChI=1S/C21H39NO3.Na/c1-3-4-5-6-7-8-9-10-11-12-13-14-15-16-17-18-20(23)22(2)19-21(24)25;/h10-11H,3-9,12-19H2,1-2H3,(H,24,25);. The molecule has 0 aromatic carbocycles. The molecule has 0 rings (SSSR count). The number of amides is 1. The average molecular weight is 377 g/mol. The zero-order chi connectivity index (χ0) is 18.8. The van der Waals surface area contributed by atoms with Crippen molar-refractivity contribution in [1.29, 1.82) is 0 Å². The van der Waals surface area contributed by atoms with Crippen molar-refractivity contribution in [2.24, 2.45) is 0 Å². The van der Waals surface area contributed by atoms with Crippen LogP contribution in [0.2, 0.25) is 0 Å². The molecule has 1 N–H and O–H groups in total. The summed E-state index contributed by atoms with van der Waals surface area (Å²) in [4.78, 5) is 23.5. The molecule has 0 saturated heterocycles. The van der Waals surface area contributed by atoms with Gasteiger partial charge in [-0.15, -0.1) is 0 Å². The quantitative estimate of drug-likeness (QED) is 0.216. The van der Waals surface area contributed by atoms with E-state index in [0.29, 0.717) is 6.42 Å². The Morgan fingerprint density at radius 1 is 0.808 bits per heavy atom. The molecule has 0 saturated carbocycles. The minimum Gasteiger partial charge on any atom is -0.480 e. The van der Waals surface area contributed by atoms with Crippen LogP contribution in [0.5, 0.6) is 0 Å². The number of hydrogen-bond donors (Lipinski definition) is 1. The van der Waals surface area contributed by atoms with E-state index in [1.165, 1.54) is 62.7 Å². The van der Waals surface area contributed by atoms with Crippen molar-refractivity contribution in [3.63, 3.8) is 0 Å². The van der Waals surface area contributed by atoms with Gasteiger partial charge in [0.15, 0.2) is 0 Å². The molecule has 0 aliphatic heterocycles. The molecule has 1 radical (unpaired) electrons. The topological polar surface area (TPSA) is 57.6 Å². The van der Waals surface area contributed by atoms with Crippen LogP contribution in [0.3, 0.4) is 0 Å². The third-order valence-corrected chi connectivity index (χ3v) is 4.45. The molecule has 0 aromatic heterocycles. The van der Waals surface area contributed by atoms with Crippen molar-refractivity contribution in [2.45, 2.75) is 96.8 Å². The van der Waals surface area contributed by atoms with Crippen molar-refractivity contribution in [3.8, 4) is 0 Å². The van der Waals surface area contributed by atoms with Gasteiger partial charge in [0.05, 0.1) is 0 Å². The van der Waals surface area contributed by atoms with Gasteiger partial charge in [0.25, 0.3) is 0 Å². The largest absolute Gasteiger partial charge is 0.480 e. The van der Waals surface area contributed by atoms with Gasteiger partial charge in [0.2, 0.25) is 5.91 Å². The molecule has 0 heterocycles. The van der Waals surface area contributed by atoms with Crippen LogP contribution in [-0.2, 0) is 9.59 Å². The fourth-order valence-electron chi connectivity index (χ4n) is 2.83. The predicted octanol–water partition coefficient (Wildman–Crippen LogP) is 5.19. The first-order valence-corrected chi connectivity index (χ1v) is 10.2. The second kappa shape index (κ2) is 21.0. The van der Waals surface area contributed by atoms with E-state index in [-0.39, 0.29) is 42.0 Å². The Morgan fingerprint density at radius 3 is 1.77 bits per heavy atom. The Hall–Kier alpha value is -0.320. The fourth-order valence-corrected chi connectivity index (χ4v) is 2.83. The molecule has 0 atom stereocenters. The SMILES string of the molecule is CCCCCCCCC=CCCCCCCCC(=O)N(C)CC(=O)O.[Na]. The van der Waals surface area contributed by atoms with Crippen LogP contribution in [0.1, 0.15) is 96.8 Å². The molecule has 26 heavy (non-hydrogen) atoms. The molecule has 0 aliphatic carbocycles. The van der Waals surface area contributed by atoms with Gasteiger partial charge in [0.1, 0.15) is 6.54 Å². The summed E-state index contributed by atoms with van der Waals surface area (Å²) in [6.07, 6.45) is 21.1. The van der Waals surface area contributed by atoms with Crippen LogP contribution in [0.25, 0.3) is 0 Å². The van der Waals surface area contributed by atoms with Crippen LogP contribution in [0.15, 0.2) is 12.2 Å². The molecule has 0 spiro atoms. The molecule has 0 aromatic rings. The summed E-state index contributed by atoms with van der Waals surface area (Å²) in [7, 11) is 1.55. The number of hydrogen-bond acceptors (Lipinski definition) is 2. The Labute approximate surface area is 183 Å². The number of unbranched alkanes of at least 4 members (excludes halogenated alkanes) is 11. The monoisotopic (exact) mass is 376 g/mol. The normalized spacial score (nSPS) is 10.7. The average Bonchev–Trinajstić information content (AvgIpc) is 2.57. The summed E-state index contributed by atoms with van der Waals surface area (Å²) in [5.41, 5.74) is 0. The summed E-state index contributed by atoms with van der Waals surface area (Å²) in [6, 6.07) is 0. The van der Waals surface area contributed by atoms with E-state index >= 15 is 0 Å². The summed E-state index contributed by atoms with van der Waals surface area (Å²) >= 11 is 0. The van der Waals surface area contributed by atoms with E-state index in [4.69, 9.17) is 5.11 Å².